The van der Waals surface area contributed by atoms with Gasteiger partial charge in [0.25, 0.3) is 0 Å². The molecule has 0 aromatic heterocycles. The Morgan fingerprint density at radius 3 is 2.18 bits per heavy atom. The third-order valence-electron chi connectivity index (χ3n) is 3.36. The summed E-state index contributed by atoms with van der Waals surface area (Å²) in [6.45, 7) is 5.04. The number of carbonyl (C=O) groups excluding carboxylic acids is 1. The molecule has 0 aliphatic carbocycles. The molecule has 1 N–H and O–H groups in total. The molecule has 0 bridgehead atoms. The molecule has 0 fully saturated rings. The van der Waals surface area contributed by atoms with Gasteiger partial charge in [0.15, 0.2) is 0 Å². The lowest BCUT2D eigenvalue weighted by molar-refractivity contribution is -0.149. The Kier molecular flexibility index (Phi) is 6.16. The highest BCUT2D eigenvalue weighted by Gasteiger charge is 2.22. The second kappa shape index (κ2) is 8.35. The van der Waals surface area contributed by atoms with E-state index in [0.29, 0.717) is 6.54 Å². The van der Waals surface area contributed by atoms with Crippen molar-refractivity contribution in [1.29, 1.82) is 0 Å². The van der Waals surface area contributed by atoms with E-state index in [1.54, 1.807) is 0 Å². The number of rotatable bonds is 7. The molecule has 0 radical (unpaired) electrons. The van der Waals surface area contributed by atoms with Crippen molar-refractivity contribution in [2.45, 2.75) is 32.4 Å². The number of ether oxygens (including phenoxy) is 1. The number of nitrogens with one attached hydrogen (secondary N) is 1. The van der Waals surface area contributed by atoms with Crippen molar-refractivity contribution >= 4 is 5.97 Å². The zero-order valence-corrected chi connectivity index (χ0v) is 13.2. The molecular weight excluding hydrogens is 274 g/mol. The summed E-state index contributed by atoms with van der Waals surface area (Å²) in [4.78, 5) is 12.3. The number of hydrogen-bond donors (Lipinski definition) is 1. The Morgan fingerprint density at radius 2 is 1.59 bits per heavy atom. The zero-order valence-electron chi connectivity index (χ0n) is 13.2. The van der Waals surface area contributed by atoms with E-state index < -0.39 is 0 Å². The summed E-state index contributed by atoms with van der Waals surface area (Å²) in [5.41, 5.74) is 2.18. The molecule has 0 amide bonds. The number of esters is 1. The first-order valence-corrected chi connectivity index (χ1v) is 7.67. The average molecular weight is 297 g/mol. The second-order valence-corrected chi connectivity index (χ2v) is 5.57. The first-order chi connectivity index (χ1) is 10.7. The van der Waals surface area contributed by atoms with Crippen molar-refractivity contribution in [3.8, 4) is 0 Å². The number of carbonyl (C=O) groups is 1. The monoisotopic (exact) mass is 297 g/mol. The molecular formula is C19H23NO2. The van der Waals surface area contributed by atoms with E-state index in [2.05, 4.69) is 17.4 Å². The van der Waals surface area contributed by atoms with Gasteiger partial charge in [-0.05, 0) is 25.0 Å². The molecule has 0 heterocycles. The van der Waals surface area contributed by atoms with Crippen molar-refractivity contribution in [2.24, 2.45) is 0 Å². The fourth-order valence-electron chi connectivity index (χ4n) is 2.29. The van der Waals surface area contributed by atoms with Gasteiger partial charge in [0, 0.05) is 13.1 Å². The molecule has 0 unspecified atom stereocenters. The van der Waals surface area contributed by atoms with Gasteiger partial charge in [-0.25, -0.2) is 0 Å². The highest BCUT2D eigenvalue weighted by atomic mass is 16.5. The van der Waals surface area contributed by atoms with Gasteiger partial charge < -0.3 is 10.1 Å². The minimum Gasteiger partial charge on any atom is -0.462 e. The van der Waals surface area contributed by atoms with Crippen molar-refractivity contribution in [1.82, 2.24) is 5.32 Å². The van der Waals surface area contributed by atoms with Gasteiger partial charge in [0.2, 0.25) is 0 Å². The Morgan fingerprint density at radius 1 is 1.00 bits per heavy atom. The van der Waals surface area contributed by atoms with E-state index in [-0.39, 0.29) is 18.0 Å². The molecule has 22 heavy (non-hydrogen) atoms. The van der Waals surface area contributed by atoms with Crippen molar-refractivity contribution < 1.29 is 9.53 Å². The lowest BCUT2D eigenvalue weighted by Gasteiger charge is -2.19. The molecule has 0 spiro atoms. The summed E-state index contributed by atoms with van der Waals surface area (Å²) >= 11 is 0. The largest absolute Gasteiger partial charge is 0.462 e. The fraction of sp³-hybridized carbons (Fsp3) is 0.316. The molecule has 0 aliphatic rings. The molecule has 1 atom stereocenters. The predicted molar refractivity (Wildman–Crippen MR) is 88.6 cm³/mol. The molecule has 3 nitrogen and oxygen atoms in total. The summed E-state index contributed by atoms with van der Waals surface area (Å²) in [6.07, 6.45) is -0.104. The molecule has 0 saturated carbocycles. The quantitative estimate of drug-likeness (QED) is 0.795. The third kappa shape index (κ3) is 5.01. The second-order valence-electron chi connectivity index (χ2n) is 5.57. The van der Waals surface area contributed by atoms with Crippen LogP contribution in [0.3, 0.4) is 0 Å². The van der Waals surface area contributed by atoms with Crippen LogP contribution in [-0.4, -0.2) is 18.6 Å². The molecule has 0 saturated heterocycles. The van der Waals surface area contributed by atoms with Gasteiger partial charge in [0.1, 0.15) is 0 Å². The Balaban J connectivity index is 2.00. The first-order valence-electron chi connectivity index (χ1n) is 7.67. The average Bonchev–Trinajstić information content (AvgIpc) is 2.52. The van der Waals surface area contributed by atoms with E-state index in [1.165, 1.54) is 5.56 Å². The minimum atomic E-state index is -0.285. The summed E-state index contributed by atoms with van der Waals surface area (Å²) in [7, 11) is 0. The van der Waals surface area contributed by atoms with E-state index in [4.69, 9.17) is 4.74 Å². The van der Waals surface area contributed by atoms with Crippen LogP contribution in [0.4, 0.5) is 0 Å². The van der Waals surface area contributed by atoms with Crippen LogP contribution in [0.5, 0.6) is 0 Å². The van der Waals surface area contributed by atoms with Crippen molar-refractivity contribution in [3.63, 3.8) is 0 Å². The number of hydrogen-bond acceptors (Lipinski definition) is 3. The maximum Gasteiger partial charge on any atom is 0.314 e. The molecule has 2 aromatic rings. The Hall–Kier alpha value is -2.13. The predicted octanol–water partition coefficient (Wildman–Crippen LogP) is 3.51. The smallest absolute Gasteiger partial charge is 0.314 e. The highest BCUT2D eigenvalue weighted by Crippen LogP contribution is 2.17. The highest BCUT2D eigenvalue weighted by molar-refractivity contribution is 5.78. The van der Waals surface area contributed by atoms with Gasteiger partial charge in [-0.1, -0.05) is 60.7 Å². The van der Waals surface area contributed by atoms with E-state index in [1.807, 2.05) is 62.4 Å². The first kappa shape index (κ1) is 16.2. The summed E-state index contributed by atoms with van der Waals surface area (Å²) in [5, 5.41) is 3.35. The molecule has 0 aliphatic heterocycles. The Bertz CT molecular complexity index is 567. The normalized spacial score (nSPS) is 12.1. The van der Waals surface area contributed by atoms with Crippen LogP contribution in [0.15, 0.2) is 60.7 Å². The lowest BCUT2D eigenvalue weighted by atomic mass is 9.99. The maximum absolute atomic E-state index is 12.3. The maximum atomic E-state index is 12.3. The third-order valence-corrected chi connectivity index (χ3v) is 3.36. The summed E-state index contributed by atoms with van der Waals surface area (Å²) in [6, 6.07) is 19.9. The van der Waals surface area contributed by atoms with Gasteiger partial charge in [-0.15, -0.1) is 0 Å². The van der Waals surface area contributed by atoms with Crippen LogP contribution >= 0.6 is 0 Å². The molecule has 2 rings (SSSR count). The number of benzene rings is 2. The minimum absolute atomic E-state index is 0.104. The molecule has 116 valence electrons. The van der Waals surface area contributed by atoms with Gasteiger partial charge >= 0.3 is 5.97 Å². The van der Waals surface area contributed by atoms with Gasteiger partial charge in [-0.2, -0.15) is 0 Å². The summed E-state index contributed by atoms with van der Waals surface area (Å²) in [5.74, 6) is -0.464. The van der Waals surface area contributed by atoms with E-state index >= 15 is 0 Å². The fourth-order valence-corrected chi connectivity index (χ4v) is 2.29. The van der Waals surface area contributed by atoms with Gasteiger partial charge in [-0.3, -0.25) is 4.79 Å². The van der Waals surface area contributed by atoms with Crippen molar-refractivity contribution in [2.75, 3.05) is 6.54 Å². The topological polar surface area (TPSA) is 38.3 Å². The summed E-state index contributed by atoms with van der Waals surface area (Å²) < 4.78 is 5.39. The van der Waals surface area contributed by atoms with E-state index in [9.17, 15) is 4.79 Å². The van der Waals surface area contributed by atoms with Gasteiger partial charge in [0.05, 0.1) is 12.0 Å². The van der Waals surface area contributed by atoms with E-state index in [0.717, 1.165) is 12.1 Å². The SMILES string of the molecule is CC(C)OC(=O)[C@@H](CNCc1ccccc1)c1ccccc1. The van der Waals surface area contributed by atoms with Crippen LogP contribution in [0.25, 0.3) is 0 Å². The van der Waals surface area contributed by atoms with Crippen LogP contribution in [0.2, 0.25) is 0 Å². The standard InChI is InChI=1S/C19H23NO2/c1-15(2)22-19(21)18(17-11-7-4-8-12-17)14-20-13-16-9-5-3-6-10-16/h3-12,15,18,20H,13-14H2,1-2H3/t18-/m0/s1. The van der Waals surface area contributed by atoms with Crippen LogP contribution < -0.4 is 5.32 Å². The van der Waals surface area contributed by atoms with Crippen LogP contribution in [-0.2, 0) is 16.1 Å². The Labute approximate surface area is 132 Å². The van der Waals surface area contributed by atoms with Crippen molar-refractivity contribution in [3.05, 3.63) is 71.8 Å². The zero-order chi connectivity index (χ0) is 15.8. The van der Waals surface area contributed by atoms with Crippen LogP contribution in [0, 0.1) is 0 Å². The molecule has 2 aromatic carbocycles. The lowest BCUT2D eigenvalue weighted by Crippen LogP contribution is -2.29. The van der Waals surface area contributed by atoms with Crippen LogP contribution in [0.1, 0.15) is 30.9 Å². The molecule has 3 heteroatoms.